The monoisotopic (exact) mass is 670 g/mol. The molecule has 0 saturated carbocycles. The molecule has 1 atom stereocenters. The molecule has 2 heterocycles. The maximum Gasteiger partial charge on any atom is 0.206 e. The van der Waals surface area contributed by atoms with Gasteiger partial charge in [-0.15, -0.1) is 0 Å². The van der Waals surface area contributed by atoms with Gasteiger partial charge in [-0.25, -0.2) is 8.42 Å². The minimum atomic E-state index is -3.79. The number of rotatable bonds is 8. The minimum Gasteiger partial charge on any atom is -0.497 e. The van der Waals surface area contributed by atoms with Gasteiger partial charge in [-0.05, 0) is 115 Å². The number of nitrogens with zero attached hydrogens (tertiary/aromatic N) is 2. The zero-order valence-electron chi connectivity index (χ0n) is 27.5. The molecule has 0 aliphatic heterocycles. The van der Waals surface area contributed by atoms with Gasteiger partial charge in [0.2, 0.25) is 9.84 Å². The SMILES string of the molecule is COc1ccc2c(c1)c1c(n2-c2ccc(S(=O)(=O)c3ccc(-n4c5ccc(OC)cc5c5cc(OC)ccc54)cc3)cc2)C=CC(OC)C1. The minimum absolute atomic E-state index is 0.0151. The molecule has 9 heteroatoms. The summed E-state index contributed by atoms with van der Waals surface area (Å²) < 4.78 is 54.3. The van der Waals surface area contributed by atoms with Crippen molar-refractivity contribution in [2.45, 2.75) is 22.3 Å². The van der Waals surface area contributed by atoms with Gasteiger partial charge in [-0.2, -0.15) is 0 Å². The Hall–Kier alpha value is -5.51. The number of aromatic nitrogens is 2. The summed E-state index contributed by atoms with van der Waals surface area (Å²) >= 11 is 0. The van der Waals surface area contributed by atoms with Crippen LogP contribution in [0.2, 0.25) is 0 Å². The van der Waals surface area contributed by atoms with Crippen LogP contribution in [0.4, 0.5) is 0 Å². The summed E-state index contributed by atoms with van der Waals surface area (Å²) in [5.74, 6) is 2.29. The molecule has 0 bridgehead atoms. The van der Waals surface area contributed by atoms with Crippen molar-refractivity contribution in [2.75, 3.05) is 28.4 Å². The van der Waals surface area contributed by atoms with E-state index in [-0.39, 0.29) is 15.9 Å². The largest absolute Gasteiger partial charge is 0.497 e. The molecule has 246 valence electrons. The van der Waals surface area contributed by atoms with Crippen LogP contribution in [0, 0.1) is 0 Å². The lowest BCUT2D eigenvalue weighted by atomic mass is 9.98. The third kappa shape index (κ3) is 4.96. The van der Waals surface area contributed by atoms with E-state index in [1.54, 1.807) is 52.7 Å². The maximum atomic E-state index is 13.9. The lowest BCUT2D eigenvalue weighted by Gasteiger charge is -2.17. The highest BCUT2D eigenvalue weighted by Gasteiger charge is 2.24. The molecule has 1 aliphatic rings. The number of sulfone groups is 1. The van der Waals surface area contributed by atoms with E-state index in [2.05, 4.69) is 21.3 Å². The van der Waals surface area contributed by atoms with Crippen molar-refractivity contribution < 1.29 is 27.4 Å². The standard InChI is InChI=1S/C40H34N2O6S/c1-45-27-9-17-37-33(21-27)34-22-28(46-2)10-18-38(34)41(37)25-5-13-31(14-6-25)49(43,44)32-15-7-26(8-16-32)42-39-19-11-29(47-3)23-35(39)36-24-30(48-4)12-20-40(36)42/h5-23,30H,24H2,1-4H3. The summed E-state index contributed by atoms with van der Waals surface area (Å²) in [6.07, 6.45) is 4.86. The predicted octanol–water partition coefficient (Wildman–Crippen LogP) is 8.17. The van der Waals surface area contributed by atoms with E-state index in [0.29, 0.717) is 0 Å². The third-order valence-corrected chi connectivity index (χ3v) is 11.3. The second kappa shape index (κ2) is 11.9. The molecule has 1 unspecified atom stereocenters. The number of ether oxygens (including phenoxy) is 4. The smallest absolute Gasteiger partial charge is 0.206 e. The molecular weight excluding hydrogens is 637 g/mol. The lowest BCUT2D eigenvalue weighted by Crippen LogP contribution is -2.15. The highest BCUT2D eigenvalue weighted by Crippen LogP contribution is 2.38. The van der Waals surface area contributed by atoms with Crippen LogP contribution < -0.4 is 14.2 Å². The first-order chi connectivity index (χ1) is 23.8. The lowest BCUT2D eigenvalue weighted by molar-refractivity contribution is 0.141. The first-order valence-electron chi connectivity index (χ1n) is 15.9. The summed E-state index contributed by atoms with van der Waals surface area (Å²) in [5, 5.41) is 3.10. The van der Waals surface area contributed by atoms with Crippen molar-refractivity contribution in [1.82, 2.24) is 9.13 Å². The van der Waals surface area contributed by atoms with Crippen LogP contribution in [0.3, 0.4) is 0 Å². The molecule has 5 aromatic carbocycles. The molecule has 0 spiro atoms. The first-order valence-corrected chi connectivity index (χ1v) is 17.4. The third-order valence-electron chi connectivity index (χ3n) is 9.49. The van der Waals surface area contributed by atoms with Crippen LogP contribution in [0.5, 0.6) is 17.2 Å². The molecule has 8 rings (SSSR count). The number of fused-ring (bicyclic) bond motifs is 6. The zero-order valence-corrected chi connectivity index (χ0v) is 28.3. The van der Waals surface area contributed by atoms with Crippen molar-refractivity contribution in [3.8, 4) is 28.6 Å². The summed E-state index contributed by atoms with van der Waals surface area (Å²) in [6.45, 7) is 0. The Morgan fingerprint density at radius 2 is 1.02 bits per heavy atom. The van der Waals surface area contributed by atoms with Gasteiger partial charge in [-0.1, -0.05) is 6.08 Å². The quantitative estimate of drug-likeness (QED) is 0.162. The molecule has 0 fully saturated rings. The Kier molecular flexibility index (Phi) is 7.46. The average molecular weight is 671 g/mol. The second-order valence-corrected chi connectivity index (χ2v) is 14.0. The number of hydrogen-bond acceptors (Lipinski definition) is 6. The number of methoxy groups -OCH3 is 4. The second-order valence-electron chi connectivity index (χ2n) is 12.0. The van der Waals surface area contributed by atoms with Crippen molar-refractivity contribution in [1.29, 1.82) is 0 Å². The summed E-state index contributed by atoms with van der Waals surface area (Å²) in [5.41, 5.74) is 6.88. The van der Waals surface area contributed by atoms with Crippen molar-refractivity contribution in [3.63, 3.8) is 0 Å². The Morgan fingerprint density at radius 1 is 0.571 bits per heavy atom. The van der Waals surface area contributed by atoms with E-state index in [4.69, 9.17) is 18.9 Å². The number of benzene rings is 5. The fourth-order valence-corrected chi connectivity index (χ4v) is 8.24. The topological polar surface area (TPSA) is 80.9 Å². The average Bonchev–Trinajstić information content (AvgIpc) is 3.65. The van der Waals surface area contributed by atoms with Gasteiger partial charge >= 0.3 is 0 Å². The van der Waals surface area contributed by atoms with Crippen LogP contribution in [0.25, 0.3) is 50.2 Å². The van der Waals surface area contributed by atoms with E-state index < -0.39 is 9.84 Å². The van der Waals surface area contributed by atoms with E-state index in [0.717, 1.165) is 73.4 Å². The Labute approximate surface area is 284 Å². The van der Waals surface area contributed by atoms with Crippen LogP contribution >= 0.6 is 0 Å². The van der Waals surface area contributed by atoms with E-state index in [1.807, 2.05) is 78.9 Å². The van der Waals surface area contributed by atoms with Crippen molar-refractivity contribution in [3.05, 3.63) is 120 Å². The Balaban J connectivity index is 1.16. The fraction of sp³-hybridized carbons (Fsp3) is 0.150. The molecule has 0 N–H and O–H groups in total. The van der Waals surface area contributed by atoms with Crippen molar-refractivity contribution in [2.24, 2.45) is 0 Å². The summed E-state index contributed by atoms with van der Waals surface area (Å²) in [6, 6.07) is 32.0. The van der Waals surface area contributed by atoms with E-state index in [1.165, 1.54) is 5.56 Å². The van der Waals surface area contributed by atoms with Crippen LogP contribution in [-0.4, -0.2) is 52.1 Å². The molecule has 2 aromatic heterocycles. The maximum absolute atomic E-state index is 13.9. The molecule has 7 aromatic rings. The van der Waals surface area contributed by atoms with Crippen LogP contribution in [-0.2, 0) is 21.0 Å². The summed E-state index contributed by atoms with van der Waals surface area (Å²) in [4.78, 5) is 0.444. The highest BCUT2D eigenvalue weighted by atomic mass is 32.2. The van der Waals surface area contributed by atoms with E-state index >= 15 is 0 Å². The van der Waals surface area contributed by atoms with Gasteiger partial charge in [0.25, 0.3) is 0 Å². The van der Waals surface area contributed by atoms with Gasteiger partial charge in [0.1, 0.15) is 17.2 Å². The van der Waals surface area contributed by atoms with Crippen molar-refractivity contribution >= 4 is 48.6 Å². The number of hydrogen-bond donors (Lipinski definition) is 0. The van der Waals surface area contributed by atoms with Gasteiger partial charge in [-0.3, -0.25) is 0 Å². The molecule has 0 amide bonds. The zero-order chi connectivity index (χ0) is 33.9. The van der Waals surface area contributed by atoms with Gasteiger partial charge < -0.3 is 28.1 Å². The van der Waals surface area contributed by atoms with E-state index in [9.17, 15) is 8.42 Å². The van der Waals surface area contributed by atoms with Gasteiger partial charge in [0.15, 0.2) is 0 Å². The molecule has 1 aliphatic carbocycles. The molecule has 49 heavy (non-hydrogen) atoms. The molecule has 8 nitrogen and oxygen atoms in total. The summed E-state index contributed by atoms with van der Waals surface area (Å²) in [7, 11) is 2.88. The molecular formula is C40H34N2O6S. The molecule has 0 saturated heterocycles. The Morgan fingerprint density at radius 3 is 1.49 bits per heavy atom. The van der Waals surface area contributed by atoms with Crippen LogP contribution in [0.15, 0.2) is 119 Å². The van der Waals surface area contributed by atoms with Gasteiger partial charge in [0.05, 0.1) is 53.8 Å². The molecule has 0 radical (unpaired) electrons. The Bertz CT molecular complexity index is 2470. The fourth-order valence-electron chi connectivity index (χ4n) is 6.98. The van der Waals surface area contributed by atoms with Crippen LogP contribution in [0.1, 0.15) is 11.3 Å². The first kappa shape index (κ1) is 30.8. The normalized spacial score (nSPS) is 14.4. The van der Waals surface area contributed by atoms with Gasteiger partial charge in [0, 0.05) is 46.8 Å². The highest BCUT2D eigenvalue weighted by molar-refractivity contribution is 7.91. The predicted molar refractivity (Wildman–Crippen MR) is 193 cm³/mol.